The van der Waals surface area contributed by atoms with E-state index in [1.54, 1.807) is 12.1 Å². The van der Waals surface area contributed by atoms with Crippen molar-refractivity contribution >= 4 is 17.3 Å². The molecule has 4 nitrogen and oxygen atoms in total. The fraction of sp³-hybridized carbons (Fsp3) is 0.278. The molecule has 1 aliphatic rings. The maximum Gasteiger partial charge on any atom is 0.416 e. The van der Waals surface area contributed by atoms with E-state index in [4.69, 9.17) is 4.74 Å². The van der Waals surface area contributed by atoms with E-state index < -0.39 is 11.7 Å². The molecule has 25 heavy (non-hydrogen) atoms. The summed E-state index contributed by atoms with van der Waals surface area (Å²) in [6.07, 6.45) is -4.39. The molecule has 0 bridgehead atoms. The number of nitrogens with one attached hydrogen (secondary N) is 1. The minimum absolute atomic E-state index is 0.315. The SMILES string of the molecule is O=C(Nc1ccc(C(F)(F)F)cc1)c1ccc(N2CCOCC2)cc1. The molecule has 2 aromatic rings. The summed E-state index contributed by atoms with van der Waals surface area (Å²) in [7, 11) is 0. The second-order valence-corrected chi connectivity index (χ2v) is 5.68. The molecule has 2 aromatic carbocycles. The van der Waals surface area contributed by atoms with E-state index >= 15 is 0 Å². The zero-order valence-corrected chi connectivity index (χ0v) is 13.3. The van der Waals surface area contributed by atoms with E-state index in [2.05, 4.69) is 10.2 Å². The standard InChI is InChI=1S/C18H17F3N2O2/c19-18(20,21)14-3-5-15(6-4-14)22-17(24)13-1-7-16(8-2-13)23-9-11-25-12-10-23/h1-8H,9-12H2,(H,22,24). The summed E-state index contributed by atoms with van der Waals surface area (Å²) in [5.41, 5.74) is 1.02. The van der Waals surface area contributed by atoms with Crippen molar-refractivity contribution in [1.82, 2.24) is 0 Å². The summed E-state index contributed by atoms with van der Waals surface area (Å²) in [6, 6.07) is 11.5. The second kappa shape index (κ2) is 7.14. The first-order chi connectivity index (χ1) is 11.9. The Balaban J connectivity index is 1.64. The first-order valence-electron chi connectivity index (χ1n) is 7.85. The van der Waals surface area contributed by atoms with Crippen molar-refractivity contribution in [3.63, 3.8) is 0 Å². The van der Waals surface area contributed by atoms with E-state index in [1.165, 1.54) is 12.1 Å². The highest BCUT2D eigenvalue weighted by atomic mass is 19.4. The Hall–Kier alpha value is -2.54. The summed E-state index contributed by atoms with van der Waals surface area (Å²) in [4.78, 5) is 14.4. The van der Waals surface area contributed by atoms with Gasteiger partial charge in [-0.05, 0) is 48.5 Å². The van der Waals surface area contributed by atoms with Crippen LogP contribution < -0.4 is 10.2 Å². The van der Waals surface area contributed by atoms with E-state index in [1.807, 2.05) is 12.1 Å². The molecular formula is C18H17F3N2O2. The van der Waals surface area contributed by atoms with Crippen LogP contribution in [-0.2, 0) is 10.9 Å². The third-order valence-electron chi connectivity index (χ3n) is 3.98. The largest absolute Gasteiger partial charge is 0.416 e. The number of nitrogens with zero attached hydrogens (tertiary/aromatic N) is 1. The fourth-order valence-electron chi connectivity index (χ4n) is 2.59. The zero-order valence-electron chi connectivity index (χ0n) is 13.3. The molecule has 7 heteroatoms. The average molecular weight is 350 g/mol. The van der Waals surface area contributed by atoms with E-state index in [0.29, 0.717) is 24.5 Å². The molecule has 0 radical (unpaired) electrons. The number of carbonyl (C=O) groups is 1. The Morgan fingerprint density at radius 3 is 2.12 bits per heavy atom. The van der Waals surface area contributed by atoms with Crippen LogP contribution in [0.3, 0.4) is 0 Å². The smallest absolute Gasteiger partial charge is 0.378 e. The highest BCUT2D eigenvalue weighted by Crippen LogP contribution is 2.29. The molecule has 132 valence electrons. The first-order valence-corrected chi connectivity index (χ1v) is 7.85. The van der Waals surface area contributed by atoms with Gasteiger partial charge in [0.2, 0.25) is 0 Å². The molecule has 3 rings (SSSR count). The summed E-state index contributed by atoms with van der Waals surface area (Å²) in [5.74, 6) is -0.367. The van der Waals surface area contributed by atoms with Gasteiger partial charge in [0, 0.05) is 30.0 Å². The van der Waals surface area contributed by atoms with Crippen LogP contribution in [0.2, 0.25) is 0 Å². The Morgan fingerprint density at radius 1 is 0.960 bits per heavy atom. The lowest BCUT2D eigenvalue weighted by Gasteiger charge is -2.28. The predicted octanol–water partition coefficient (Wildman–Crippen LogP) is 3.79. The zero-order chi connectivity index (χ0) is 17.9. The van der Waals surface area contributed by atoms with Gasteiger partial charge in [0.15, 0.2) is 0 Å². The summed E-state index contributed by atoms with van der Waals surface area (Å²) in [5, 5.41) is 2.60. The van der Waals surface area contributed by atoms with Crippen molar-refractivity contribution < 1.29 is 22.7 Å². The van der Waals surface area contributed by atoms with Crippen LogP contribution in [0.15, 0.2) is 48.5 Å². The van der Waals surface area contributed by atoms with Gasteiger partial charge in [-0.25, -0.2) is 0 Å². The van der Waals surface area contributed by atoms with Gasteiger partial charge in [-0.2, -0.15) is 13.2 Å². The van der Waals surface area contributed by atoms with Crippen molar-refractivity contribution in [2.45, 2.75) is 6.18 Å². The normalized spacial score (nSPS) is 15.1. The van der Waals surface area contributed by atoms with Gasteiger partial charge in [-0.3, -0.25) is 4.79 Å². The lowest BCUT2D eigenvalue weighted by molar-refractivity contribution is -0.137. The summed E-state index contributed by atoms with van der Waals surface area (Å²) in [6.45, 7) is 2.96. The van der Waals surface area contributed by atoms with Crippen LogP contribution in [0.1, 0.15) is 15.9 Å². The topological polar surface area (TPSA) is 41.6 Å². The highest BCUT2D eigenvalue weighted by Gasteiger charge is 2.30. The van der Waals surface area contributed by atoms with Crippen LogP contribution in [0.25, 0.3) is 0 Å². The van der Waals surface area contributed by atoms with E-state index in [0.717, 1.165) is 30.9 Å². The Morgan fingerprint density at radius 2 is 1.56 bits per heavy atom. The number of amides is 1. The van der Waals surface area contributed by atoms with Gasteiger partial charge < -0.3 is 15.0 Å². The minimum Gasteiger partial charge on any atom is -0.378 e. The molecule has 0 spiro atoms. The maximum absolute atomic E-state index is 12.5. The second-order valence-electron chi connectivity index (χ2n) is 5.68. The Kier molecular flexibility index (Phi) is 4.94. The quantitative estimate of drug-likeness (QED) is 0.916. The minimum atomic E-state index is -4.39. The van der Waals surface area contributed by atoms with Crippen molar-refractivity contribution in [1.29, 1.82) is 0 Å². The van der Waals surface area contributed by atoms with Gasteiger partial charge >= 0.3 is 6.18 Å². The van der Waals surface area contributed by atoms with Crippen molar-refractivity contribution in [3.8, 4) is 0 Å². The summed E-state index contributed by atoms with van der Waals surface area (Å²) >= 11 is 0. The average Bonchev–Trinajstić information content (AvgIpc) is 2.62. The molecule has 0 aliphatic carbocycles. The van der Waals surface area contributed by atoms with Crippen LogP contribution in [0, 0.1) is 0 Å². The molecule has 1 fully saturated rings. The van der Waals surface area contributed by atoms with Gasteiger partial charge in [0.25, 0.3) is 5.91 Å². The molecule has 1 N–H and O–H groups in total. The Bertz CT molecular complexity index is 721. The number of halogens is 3. The Labute approximate surface area is 143 Å². The van der Waals surface area contributed by atoms with Crippen LogP contribution in [0.4, 0.5) is 24.5 Å². The van der Waals surface area contributed by atoms with Gasteiger partial charge in [-0.1, -0.05) is 0 Å². The van der Waals surface area contributed by atoms with E-state index in [-0.39, 0.29) is 5.91 Å². The number of carbonyl (C=O) groups excluding carboxylic acids is 1. The molecule has 0 aromatic heterocycles. The molecule has 0 unspecified atom stereocenters. The molecule has 1 saturated heterocycles. The number of morpholine rings is 1. The van der Waals surface area contributed by atoms with E-state index in [9.17, 15) is 18.0 Å². The molecular weight excluding hydrogens is 333 g/mol. The summed E-state index contributed by atoms with van der Waals surface area (Å²) < 4.78 is 42.9. The number of benzene rings is 2. The third kappa shape index (κ3) is 4.30. The third-order valence-corrected chi connectivity index (χ3v) is 3.98. The molecule has 1 aliphatic heterocycles. The highest BCUT2D eigenvalue weighted by molar-refractivity contribution is 6.04. The maximum atomic E-state index is 12.5. The lowest BCUT2D eigenvalue weighted by atomic mass is 10.1. The molecule has 1 heterocycles. The fourth-order valence-corrected chi connectivity index (χ4v) is 2.59. The van der Waals surface area contributed by atoms with Gasteiger partial charge in [0.1, 0.15) is 0 Å². The number of hydrogen-bond donors (Lipinski definition) is 1. The predicted molar refractivity (Wildman–Crippen MR) is 88.9 cm³/mol. The molecule has 1 amide bonds. The molecule has 0 saturated carbocycles. The van der Waals surface area contributed by atoms with Crippen LogP contribution in [0.5, 0.6) is 0 Å². The van der Waals surface area contributed by atoms with Gasteiger partial charge in [0.05, 0.1) is 18.8 Å². The van der Waals surface area contributed by atoms with Crippen molar-refractivity contribution in [2.24, 2.45) is 0 Å². The molecule has 0 atom stereocenters. The number of ether oxygens (including phenoxy) is 1. The van der Waals surface area contributed by atoms with Crippen LogP contribution >= 0.6 is 0 Å². The van der Waals surface area contributed by atoms with Crippen molar-refractivity contribution in [3.05, 3.63) is 59.7 Å². The lowest BCUT2D eigenvalue weighted by Crippen LogP contribution is -2.36. The van der Waals surface area contributed by atoms with Gasteiger partial charge in [-0.15, -0.1) is 0 Å². The number of rotatable bonds is 3. The number of hydrogen-bond acceptors (Lipinski definition) is 3. The van der Waals surface area contributed by atoms with Crippen molar-refractivity contribution in [2.75, 3.05) is 36.5 Å². The monoisotopic (exact) mass is 350 g/mol. The first kappa shape index (κ1) is 17.3. The number of anilines is 2. The van der Waals surface area contributed by atoms with Crippen LogP contribution in [-0.4, -0.2) is 32.2 Å². The number of alkyl halides is 3.